The molecule has 2 aromatic rings. The second-order valence-electron chi connectivity index (χ2n) is 7.78. The number of phenolic OH excluding ortho intramolecular Hbond substituents is 3. The molecule has 2 aliphatic heterocycles. The minimum absolute atomic E-state index is 0.0538. The Morgan fingerprint density at radius 3 is 2.32 bits per heavy atom. The zero-order chi connectivity index (χ0) is 22.4. The molecule has 0 amide bonds. The molecule has 7 atom stereocenters. The molecule has 7 unspecified atom stereocenters. The van der Waals surface area contributed by atoms with Gasteiger partial charge >= 0.3 is 0 Å². The Balaban J connectivity index is 1.59. The van der Waals surface area contributed by atoms with Crippen molar-refractivity contribution in [2.45, 2.75) is 56.3 Å². The molecule has 7 N–H and O–H groups in total. The van der Waals surface area contributed by atoms with Crippen molar-refractivity contribution >= 4 is 0 Å². The molecule has 1 fully saturated rings. The quantitative estimate of drug-likeness (QED) is 0.326. The number of hydrogen-bond donors (Lipinski definition) is 7. The predicted octanol–water partition coefficient (Wildman–Crippen LogP) is 0.0468. The Bertz CT molecular complexity index is 963. The standard InChI is InChI=1S/C21H24O10/c1-8-17(26)18(27)19(28)21(29-8)30-10-5-13(23)11-7-15(25)20(31-16(11)6-10)9-2-3-12(22)14(24)4-9/h2-6,8,15,17-28H,7H2,1H3. The zero-order valence-electron chi connectivity index (χ0n) is 16.5. The number of benzene rings is 2. The molecule has 1 saturated heterocycles. The highest BCUT2D eigenvalue weighted by Crippen LogP contribution is 2.43. The van der Waals surface area contributed by atoms with Gasteiger partial charge in [0.1, 0.15) is 41.7 Å². The SMILES string of the molecule is CC1OC(Oc2cc(O)c3c(c2)OC(c2ccc(O)c(O)c2)C(O)C3)C(O)C(O)C1O. The van der Waals surface area contributed by atoms with Gasteiger partial charge in [0.25, 0.3) is 0 Å². The van der Waals surface area contributed by atoms with Crippen LogP contribution in [0.5, 0.6) is 28.7 Å². The summed E-state index contributed by atoms with van der Waals surface area (Å²) >= 11 is 0. The largest absolute Gasteiger partial charge is 0.507 e. The predicted molar refractivity (Wildman–Crippen MR) is 104 cm³/mol. The number of hydrogen-bond acceptors (Lipinski definition) is 10. The third-order valence-corrected chi connectivity index (χ3v) is 5.56. The van der Waals surface area contributed by atoms with E-state index in [0.717, 1.165) is 0 Å². The summed E-state index contributed by atoms with van der Waals surface area (Å²) in [4.78, 5) is 0. The average Bonchev–Trinajstić information content (AvgIpc) is 2.73. The lowest BCUT2D eigenvalue weighted by Crippen LogP contribution is -2.58. The van der Waals surface area contributed by atoms with E-state index in [4.69, 9.17) is 14.2 Å². The van der Waals surface area contributed by atoms with Crippen LogP contribution in [-0.2, 0) is 11.2 Å². The Labute approximate surface area is 177 Å². The van der Waals surface area contributed by atoms with Crippen LogP contribution in [0.2, 0.25) is 0 Å². The first-order valence-corrected chi connectivity index (χ1v) is 9.74. The third-order valence-electron chi connectivity index (χ3n) is 5.56. The highest BCUT2D eigenvalue weighted by atomic mass is 16.7. The van der Waals surface area contributed by atoms with Crippen LogP contribution < -0.4 is 9.47 Å². The normalized spacial score (nSPS) is 32.7. The first-order chi connectivity index (χ1) is 14.7. The van der Waals surface area contributed by atoms with Crippen LogP contribution in [0.1, 0.15) is 24.2 Å². The monoisotopic (exact) mass is 436 g/mol. The molecular formula is C21H24O10. The van der Waals surface area contributed by atoms with Crippen molar-refractivity contribution < 1.29 is 50.0 Å². The van der Waals surface area contributed by atoms with Gasteiger partial charge in [0.15, 0.2) is 11.5 Å². The molecule has 0 spiro atoms. The second-order valence-corrected chi connectivity index (χ2v) is 7.78. The van der Waals surface area contributed by atoms with E-state index in [1.165, 1.54) is 37.3 Å². The van der Waals surface area contributed by atoms with Gasteiger partial charge in [-0.05, 0) is 24.6 Å². The highest BCUT2D eigenvalue weighted by molar-refractivity contribution is 5.52. The molecular weight excluding hydrogens is 412 g/mol. The van der Waals surface area contributed by atoms with Crippen LogP contribution in [0.4, 0.5) is 0 Å². The number of aromatic hydroxyl groups is 3. The number of aliphatic hydroxyl groups is 4. The van der Waals surface area contributed by atoms with Crippen molar-refractivity contribution in [1.29, 1.82) is 0 Å². The van der Waals surface area contributed by atoms with E-state index >= 15 is 0 Å². The number of aliphatic hydroxyl groups excluding tert-OH is 4. The van der Waals surface area contributed by atoms with Crippen LogP contribution in [0.25, 0.3) is 0 Å². The fraction of sp³-hybridized carbons (Fsp3) is 0.429. The van der Waals surface area contributed by atoms with Crippen LogP contribution in [-0.4, -0.2) is 72.6 Å². The van der Waals surface area contributed by atoms with Crippen LogP contribution in [0.3, 0.4) is 0 Å². The van der Waals surface area contributed by atoms with Gasteiger partial charge in [-0.15, -0.1) is 0 Å². The maximum absolute atomic E-state index is 10.5. The Kier molecular flexibility index (Phi) is 5.58. The molecule has 2 aromatic carbocycles. The molecule has 168 valence electrons. The molecule has 0 bridgehead atoms. The maximum Gasteiger partial charge on any atom is 0.229 e. The van der Waals surface area contributed by atoms with E-state index in [9.17, 15) is 35.7 Å². The topological polar surface area (TPSA) is 169 Å². The summed E-state index contributed by atoms with van der Waals surface area (Å²) in [6, 6.07) is 6.74. The Morgan fingerprint density at radius 2 is 1.61 bits per heavy atom. The van der Waals surface area contributed by atoms with Gasteiger partial charge in [-0.1, -0.05) is 6.07 Å². The van der Waals surface area contributed by atoms with Gasteiger partial charge in [-0.25, -0.2) is 0 Å². The smallest absolute Gasteiger partial charge is 0.229 e. The van der Waals surface area contributed by atoms with Gasteiger partial charge in [0, 0.05) is 24.1 Å². The molecule has 10 nitrogen and oxygen atoms in total. The van der Waals surface area contributed by atoms with Crippen molar-refractivity contribution in [3.63, 3.8) is 0 Å². The van der Waals surface area contributed by atoms with Gasteiger partial charge in [-0.2, -0.15) is 0 Å². The van der Waals surface area contributed by atoms with Crippen molar-refractivity contribution in [3.05, 3.63) is 41.5 Å². The summed E-state index contributed by atoms with van der Waals surface area (Å²) in [5.41, 5.74) is 0.754. The molecule has 2 aliphatic rings. The van der Waals surface area contributed by atoms with Gasteiger partial charge in [0.05, 0.1) is 12.2 Å². The molecule has 10 heteroatoms. The van der Waals surface area contributed by atoms with E-state index in [0.29, 0.717) is 11.1 Å². The first-order valence-electron chi connectivity index (χ1n) is 9.74. The van der Waals surface area contributed by atoms with Gasteiger partial charge < -0.3 is 50.0 Å². The van der Waals surface area contributed by atoms with E-state index in [2.05, 4.69) is 0 Å². The zero-order valence-corrected chi connectivity index (χ0v) is 16.5. The van der Waals surface area contributed by atoms with Crippen molar-refractivity contribution in [2.24, 2.45) is 0 Å². The molecule has 0 aliphatic carbocycles. The van der Waals surface area contributed by atoms with E-state index in [1.807, 2.05) is 0 Å². The van der Waals surface area contributed by atoms with E-state index in [-0.39, 0.29) is 35.2 Å². The summed E-state index contributed by atoms with van der Waals surface area (Å²) in [7, 11) is 0. The van der Waals surface area contributed by atoms with E-state index < -0.39 is 42.9 Å². The number of fused-ring (bicyclic) bond motifs is 1. The second kappa shape index (κ2) is 8.06. The summed E-state index contributed by atoms with van der Waals surface area (Å²) in [6.45, 7) is 1.52. The molecule has 4 rings (SSSR count). The fourth-order valence-electron chi connectivity index (χ4n) is 3.77. The van der Waals surface area contributed by atoms with Gasteiger partial charge in [0.2, 0.25) is 6.29 Å². The van der Waals surface area contributed by atoms with Gasteiger partial charge in [-0.3, -0.25) is 0 Å². The van der Waals surface area contributed by atoms with Crippen LogP contribution >= 0.6 is 0 Å². The lowest BCUT2D eigenvalue weighted by Gasteiger charge is -2.39. The average molecular weight is 436 g/mol. The Hall–Kier alpha value is -2.76. The summed E-state index contributed by atoms with van der Waals surface area (Å²) in [5, 5.41) is 70.0. The molecule has 0 radical (unpaired) electrons. The molecule has 0 saturated carbocycles. The van der Waals surface area contributed by atoms with Crippen molar-refractivity contribution in [1.82, 2.24) is 0 Å². The van der Waals surface area contributed by atoms with Crippen molar-refractivity contribution in [3.8, 4) is 28.7 Å². The maximum atomic E-state index is 10.5. The third kappa shape index (κ3) is 3.95. The minimum atomic E-state index is -1.53. The van der Waals surface area contributed by atoms with Crippen LogP contribution in [0.15, 0.2) is 30.3 Å². The number of rotatable bonds is 3. The van der Waals surface area contributed by atoms with Crippen molar-refractivity contribution in [2.75, 3.05) is 0 Å². The highest BCUT2D eigenvalue weighted by Gasteiger charge is 2.43. The van der Waals surface area contributed by atoms with Crippen LogP contribution in [0, 0.1) is 0 Å². The number of phenols is 3. The lowest BCUT2D eigenvalue weighted by atomic mass is 9.94. The Morgan fingerprint density at radius 1 is 0.871 bits per heavy atom. The molecule has 0 aromatic heterocycles. The summed E-state index contributed by atoms with van der Waals surface area (Å²) in [5.74, 6) is -0.609. The lowest BCUT2D eigenvalue weighted by molar-refractivity contribution is -0.268. The molecule has 2 heterocycles. The fourth-order valence-corrected chi connectivity index (χ4v) is 3.77. The summed E-state index contributed by atoms with van der Waals surface area (Å²) in [6.07, 6.45) is -8.25. The minimum Gasteiger partial charge on any atom is -0.507 e. The number of ether oxygens (including phenoxy) is 3. The summed E-state index contributed by atoms with van der Waals surface area (Å²) < 4.78 is 16.8. The van der Waals surface area contributed by atoms with E-state index in [1.54, 1.807) is 0 Å². The first kappa shape index (κ1) is 21.5. The molecule has 31 heavy (non-hydrogen) atoms.